The molecule has 7 nitrogen and oxygen atoms in total. The molecule has 0 spiro atoms. The Kier molecular flexibility index (Phi) is 4.60. The van der Waals surface area contributed by atoms with Crippen molar-refractivity contribution in [2.24, 2.45) is 0 Å². The molecule has 0 atom stereocenters. The van der Waals surface area contributed by atoms with E-state index >= 15 is 0 Å². The molecule has 1 heterocycles. The highest BCUT2D eigenvalue weighted by Crippen LogP contribution is 2.31. The Balaban J connectivity index is 2.31. The van der Waals surface area contributed by atoms with E-state index in [9.17, 15) is 9.59 Å². The lowest BCUT2D eigenvalue weighted by atomic mass is 10.1. The molecule has 0 fully saturated rings. The zero-order valence-electron chi connectivity index (χ0n) is 12.7. The van der Waals surface area contributed by atoms with Gasteiger partial charge >= 0.3 is 12.1 Å². The predicted octanol–water partition coefficient (Wildman–Crippen LogP) is 4.04. The molecule has 8 heteroatoms. The van der Waals surface area contributed by atoms with Crippen LogP contribution in [0.1, 0.15) is 31.1 Å². The Labute approximate surface area is 137 Å². The molecule has 2 aromatic rings. The summed E-state index contributed by atoms with van der Waals surface area (Å²) in [5.74, 6) is -1.10. The van der Waals surface area contributed by atoms with E-state index in [1.54, 1.807) is 26.8 Å². The molecular formula is C15H15ClN2O5. The van der Waals surface area contributed by atoms with Crippen molar-refractivity contribution in [2.45, 2.75) is 26.4 Å². The van der Waals surface area contributed by atoms with Gasteiger partial charge in [-0.1, -0.05) is 16.8 Å². The van der Waals surface area contributed by atoms with E-state index in [4.69, 9.17) is 26.0 Å². The lowest BCUT2D eigenvalue weighted by molar-refractivity contribution is 0.0634. The van der Waals surface area contributed by atoms with E-state index in [1.165, 1.54) is 12.1 Å². The number of carbonyl (C=O) groups excluding carboxylic acids is 1. The van der Waals surface area contributed by atoms with Crippen LogP contribution in [0.5, 0.6) is 0 Å². The number of carboxylic acid groups (broad SMARTS) is 1. The molecule has 0 saturated heterocycles. The van der Waals surface area contributed by atoms with Crippen LogP contribution in [0.3, 0.4) is 0 Å². The molecule has 0 radical (unpaired) electrons. The van der Waals surface area contributed by atoms with Crippen LogP contribution >= 0.6 is 11.6 Å². The van der Waals surface area contributed by atoms with Crippen molar-refractivity contribution in [1.29, 1.82) is 0 Å². The van der Waals surface area contributed by atoms with E-state index in [-0.39, 0.29) is 22.0 Å². The molecular weight excluding hydrogens is 324 g/mol. The Hall–Kier alpha value is -2.54. The molecule has 0 aliphatic rings. The van der Waals surface area contributed by atoms with Crippen molar-refractivity contribution in [1.82, 2.24) is 5.16 Å². The standard InChI is InChI=1S/C15H15ClN2O5/c1-15(2,3)22-14(21)18-11-6-8(4-5-10(11)16)12-9(13(19)20)7-17-23-12/h4-7H,1-3H3,(H,18,21)(H,19,20). The SMILES string of the molecule is CC(C)(C)OC(=O)Nc1cc(-c2oncc2C(=O)O)ccc1Cl. The van der Waals surface area contributed by atoms with Crippen LogP contribution in [0.15, 0.2) is 28.9 Å². The molecule has 1 amide bonds. The summed E-state index contributed by atoms with van der Waals surface area (Å²) in [4.78, 5) is 23.0. The number of aromatic nitrogens is 1. The first-order chi connectivity index (χ1) is 10.7. The smallest absolute Gasteiger partial charge is 0.412 e. The van der Waals surface area contributed by atoms with Crippen LogP contribution in [0.4, 0.5) is 10.5 Å². The third-order valence-electron chi connectivity index (χ3n) is 2.66. The lowest BCUT2D eigenvalue weighted by Gasteiger charge is -2.20. The molecule has 2 rings (SSSR count). The molecule has 0 aliphatic heterocycles. The van der Waals surface area contributed by atoms with E-state index < -0.39 is 17.7 Å². The summed E-state index contributed by atoms with van der Waals surface area (Å²) in [5.41, 5.74) is -0.0627. The van der Waals surface area contributed by atoms with Crippen molar-refractivity contribution in [3.05, 3.63) is 35.0 Å². The quantitative estimate of drug-likeness (QED) is 0.875. The summed E-state index contributed by atoms with van der Waals surface area (Å²) in [6.45, 7) is 5.20. The van der Waals surface area contributed by atoms with Crippen molar-refractivity contribution < 1.29 is 24.0 Å². The Bertz CT molecular complexity index is 749. The first-order valence-corrected chi connectivity index (χ1v) is 7.03. The monoisotopic (exact) mass is 338 g/mol. The van der Waals surface area contributed by atoms with E-state index in [0.29, 0.717) is 5.56 Å². The number of hydrogen-bond donors (Lipinski definition) is 2. The molecule has 23 heavy (non-hydrogen) atoms. The van der Waals surface area contributed by atoms with E-state index in [1.807, 2.05) is 0 Å². The number of ether oxygens (including phenoxy) is 1. The zero-order chi connectivity index (χ0) is 17.2. The van der Waals surface area contributed by atoms with Gasteiger partial charge in [0.15, 0.2) is 5.76 Å². The largest absolute Gasteiger partial charge is 0.477 e. The lowest BCUT2D eigenvalue weighted by Crippen LogP contribution is -2.27. The second kappa shape index (κ2) is 6.29. The molecule has 1 aromatic carbocycles. The van der Waals surface area contributed by atoms with Gasteiger partial charge in [-0.2, -0.15) is 0 Å². The number of amides is 1. The molecule has 0 unspecified atom stereocenters. The number of benzene rings is 1. The number of carbonyl (C=O) groups is 2. The van der Waals surface area contributed by atoms with Crippen molar-refractivity contribution in [3.63, 3.8) is 0 Å². The van der Waals surface area contributed by atoms with E-state index in [0.717, 1.165) is 6.20 Å². The topological polar surface area (TPSA) is 102 Å². The normalized spacial score (nSPS) is 11.1. The Morgan fingerprint density at radius 3 is 2.65 bits per heavy atom. The first-order valence-electron chi connectivity index (χ1n) is 6.65. The molecule has 1 aromatic heterocycles. The van der Waals surface area contributed by atoms with Crippen molar-refractivity contribution in [2.75, 3.05) is 5.32 Å². The second-order valence-corrected chi connectivity index (χ2v) is 6.10. The minimum atomic E-state index is -1.17. The highest BCUT2D eigenvalue weighted by Gasteiger charge is 2.20. The fourth-order valence-corrected chi connectivity index (χ4v) is 1.94. The maximum Gasteiger partial charge on any atom is 0.412 e. The fraction of sp³-hybridized carbons (Fsp3) is 0.267. The second-order valence-electron chi connectivity index (χ2n) is 5.70. The Morgan fingerprint density at radius 2 is 2.04 bits per heavy atom. The third kappa shape index (κ3) is 4.23. The number of nitrogens with one attached hydrogen (secondary N) is 1. The van der Waals surface area contributed by atoms with Gasteiger partial charge in [0.05, 0.1) is 16.9 Å². The number of carboxylic acids is 1. The van der Waals surface area contributed by atoms with Gasteiger partial charge in [0.1, 0.15) is 11.2 Å². The maximum atomic E-state index is 11.8. The maximum absolute atomic E-state index is 11.8. The number of anilines is 1. The van der Waals surface area contributed by atoms with Crippen LogP contribution in [0.25, 0.3) is 11.3 Å². The number of nitrogens with zero attached hydrogens (tertiary/aromatic N) is 1. The van der Waals surface area contributed by atoms with Gasteiger partial charge in [0.2, 0.25) is 0 Å². The fourth-order valence-electron chi connectivity index (χ4n) is 1.78. The summed E-state index contributed by atoms with van der Waals surface area (Å²) in [6.07, 6.45) is 0.431. The number of aromatic carboxylic acids is 1. The van der Waals surface area contributed by atoms with Crippen LogP contribution in [0, 0.1) is 0 Å². The number of hydrogen-bond acceptors (Lipinski definition) is 5. The van der Waals surface area contributed by atoms with Crippen LogP contribution in [-0.2, 0) is 4.74 Å². The third-order valence-corrected chi connectivity index (χ3v) is 2.99. The van der Waals surface area contributed by atoms with Gasteiger partial charge in [-0.05, 0) is 39.0 Å². The number of halogens is 1. The van der Waals surface area contributed by atoms with Gasteiger partial charge < -0.3 is 14.4 Å². The molecule has 0 bridgehead atoms. The van der Waals surface area contributed by atoms with Gasteiger partial charge in [-0.25, -0.2) is 9.59 Å². The van der Waals surface area contributed by atoms with Gasteiger partial charge in [-0.3, -0.25) is 5.32 Å². The Morgan fingerprint density at radius 1 is 1.35 bits per heavy atom. The molecule has 2 N–H and O–H groups in total. The van der Waals surface area contributed by atoms with Gasteiger partial charge in [0.25, 0.3) is 0 Å². The highest BCUT2D eigenvalue weighted by atomic mass is 35.5. The number of rotatable bonds is 3. The summed E-state index contributed by atoms with van der Waals surface area (Å²) >= 11 is 6.04. The zero-order valence-corrected chi connectivity index (χ0v) is 13.5. The van der Waals surface area contributed by atoms with E-state index in [2.05, 4.69) is 10.5 Å². The van der Waals surface area contributed by atoms with Crippen LogP contribution < -0.4 is 5.32 Å². The molecule has 0 saturated carbocycles. The predicted molar refractivity (Wildman–Crippen MR) is 83.8 cm³/mol. The average Bonchev–Trinajstić information content (AvgIpc) is 2.88. The summed E-state index contributed by atoms with van der Waals surface area (Å²) in [5, 5.41) is 15.4. The first kappa shape index (κ1) is 16.8. The summed E-state index contributed by atoms with van der Waals surface area (Å²) in [6, 6.07) is 4.56. The highest BCUT2D eigenvalue weighted by molar-refractivity contribution is 6.33. The molecule has 0 aliphatic carbocycles. The van der Waals surface area contributed by atoms with Crippen LogP contribution in [0.2, 0.25) is 5.02 Å². The summed E-state index contributed by atoms with van der Waals surface area (Å²) < 4.78 is 10.1. The summed E-state index contributed by atoms with van der Waals surface area (Å²) in [7, 11) is 0. The minimum absolute atomic E-state index is 0.0707. The van der Waals surface area contributed by atoms with Crippen molar-refractivity contribution in [3.8, 4) is 11.3 Å². The van der Waals surface area contributed by atoms with Crippen molar-refractivity contribution >= 4 is 29.4 Å². The minimum Gasteiger partial charge on any atom is -0.477 e. The average molecular weight is 339 g/mol. The van der Waals surface area contributed by atoms with Crippen LogP contribution in [-0.4, -0.2) is 27.9 Å². The molecule has 122 valence electrons. The van der Waals surface area contributed by atoms with Gasteiger partial charge in [-0.15, -0.1) is 0 Å². The van der Waals surface area contributed by atoms with Gasteiger partial charge in [0, 0.05) is 5.56 Å².